The summed E-state index contributed by atoms with van der Waals surface area (Å²) in [5.41, 5.74) is 5.35. The Balaban J connectivity index is 1.83. The Morgan fingerprint density at radius 1 is 0.929 bits per heavy atom. The van der Waals surface area contributed by atoms with Crippen molar-refractivity contribution in [2.75, 3.05) is 5.32 Å². The topological polar surface area (TPSA) is 96.5 Å². The number of hydrazine groups is 1. The van der Waals surface area contributed by atoms with Gasteiger partial charge in [-0.25, -0.2) is 9.18 Å². The summed E-state index contributed by atoms with van der Waals surface area (Å²) < 4.78 is 18.0. The van der Waals surface area contributed by atoms with Crippen LogP contribution in [-0.4, -0.2) is 23.5 Å². The average Bonchev–Trinajstić information content (AvgIpc) is 2.60. The third-order valence-corrected chi connectivity index (χ3v) is 3.39. The van der Waals surface area contributed by atoms with Gasteiger partial charge in [0.2, 0.25) is 5.91 Å². The highest BCUT2D eigenvalue weighted by Crippen LogP contribution is 2.13. The summed E-state index contributed by atoms with van der Waals surface area (Å²) in [5.74, 6) is -1.35. The minimum Gasteiger partial charge on any atom is -0.444 e. The summed E-state index contributed by atoms with van der Waals surface area (Å²) in [5, 5.41) is 2.56. The number of ether oxygens (including phenoxy) is 1. The minimum absolute atomic E-state index is 0.000688. The van der Waals surface area contributed by atoms with Crippen LogP contribution in [0.15, 0.2) is 48.5 Å². The summed E-state index contributed by atoms with van der Waals surface area (Å²) in [7, 11) is 0. The Kier molecular flexibility index (Phi) is 6.70. The molecule has 0 unspecified atom stereocenters. The first kappa shape index (κ1) is 20.9. The van der Waals surface area contributed by atoms with E-state index in [1.165, 1.54) is 36.4 Å². The van der Waals surface area contributed by atoms with Crippen molar-refractivity contribution in [1.29, 1.82) is 0 Å². The first-order valence-corrected chi connectivity index (χ1v) is 8.56. The van der Waals surface area contributed by atoms with Crippen LogP contribution in [0.5, 0.6) is 0 Å². The van der Waals surface area contributed by atoms with E-state index < -0.39 is 23.5 Å². The highest BCUT2D eigenvalue weighted by molar-refractivity contribution is 5.96. The smallest absolute Gasteiger partial charge is 0.412 e. The van der Waals surface area contributed by atoms with E-state index in [4.69, 9.17) is 4.74 Å². The van der Waals surface area contributed by atoms with Gasteiger partial charge >= 0.3 is 6.09 Å². The lowest BCUT2D eigenvalue weighted by Gasteiger charge is -2.19. The maximum absolute atomic E-state index is 12.8. The number of carbonyl (C=O) groups is 3. The number of benzene rings is 2. The Hall–Kier alpha value is -3.42. The first-order chi connectivity index (χ1) is 13.1. The van der Waals surface area contributed by atoms with Crippen LogP contribution in [-0.2, 0) is 16.0 Å². The summed E-state index contributed by atoms with van der Waals surface area (Å²) in [6.07, 6.45) is -0.600. The largest absolute Gasteiger partial charge is 0.444 e. The van der Waals surface area contributed by atoms with Crippen molar-refractivity contribution in [2.24, 2.45) is 0 Å². The van der Waals surface area contributed by atoms with Crippen LogP contribution in [0.2, 0.25) is 0 Å². The Morgan fingerprint density at radius 3 is 2.11 bits per heavy atom. The van der Waals surface area contributed by atoms with E-state index >= 15 is 0 Å². The zero-order chi connectivity index (χ0) is 20.7. The number of nitrogens with one attached hydrogen (secondary N) is 3. The quantitative estimate of drug-likeness (QED) is 0.702. The Bertz CT molecular complexity index is 843. The third-order valence-electron chi connectivity index (χ3n) is 3.39. The van der Waals surface area contributed by atoms with E-state index in [2.05, 4.69) is 16.2 Å². The van der Waals surface area contributed by atoms with Crippen molar-refractivity contribution in [3.05, 3.63) is 65.5 Å². The van der Waals surface area contributed by atoms with E-state index in [9.17, 15) is 18.8 Å². The first-order valence-electron chi connectivity index (χ1n) is 8.56. The molecular weight excluding hydrogens is 365 g/mol. The molecule has 0 saturated heterocycles. The fraction of sp³-hybridized carbons (Fsp3) is 0.250. The van der Waals surface area contributed by atoms with E-state index in [1.54, 1.807) is 32.9 Å². The molecule has 3 amide bonds. The molecule has 0 aliphatic heterocycles. The van der Waals surface area contributed by atoms with E-state index in [0.29, 0.717) is 11.3 Å². The summed E-state index contributed by atoms with van der Waals surface area (Å²) in [4.78, 5) is 35.6. The molecule has 8 heteroatoms. The van der Waals surface area contributed by atoms with Crippen LogP contribution in [0.4, 0.5) is 14.9 Å². The molecule has 3 N–H and O–H groups in total. The summed E-state index contributed by atoms with van der Waals surface area (Å²) in [6.45, 7) is 5.26. The van der Waals surface area contributed by atoms with Gasteiger partial charge in [0.15, 0.2) is 0 Å². The average molecular weight is 387 g/mol. The van der Waals surface area contributed by atoms with Crippen LogP contribution in [0.25, 0.3) is 0 Å². The molecule has 0 bridgehead atoms. The van der Waals surface area contributed by atoms with Crippen LogP contribution >= 0.6 is 0 Å². The normalized spacial score (nSPS) is 10.7. The van der Waals surface area contributed by atoms with Crippen molar-refractivity contribution in [3.63, 3.8) is 0 Å². The number of hydrogen-bond acceptors (Lipinski definition) is 4. The monoisotopic (exact) mass is 387 g/mol. The lowest BCUT2D eigenvalue weighted by molar-refractivity contribution is -0.121. The fourth-order valence-electron chi connectivity index (χ4n) is 2.16. The van der Waals surface area contributed by atoms with Crippen LogP contribution < -0.4 is 16.2 Å². The third kappa shape index (κ3) is 7.06. The number of hydrogen-bond donors (Lipinski definition) is 3. The zero-order valence-electron chi connectivity index (χ0n) is 15.8. The van der Waals surface area contributed by atoms with Gasteiger partial charge in [0, 0.05) is 11.3 Å². The molecule has 148 valence electrons. The number of amides is 3. The molecule has 0 fully saturated rings. The fourth-order valence-corrected chi connectivity index (χ4v) is 2.16. The number of carbonyl (C=O) groups excluding carboxylic acids is 3. The van der Waals surface area contributed by atoms with Gasteiger partial charge in [-0.3, -0.25) is 25.8 Å². The molecule has 0 atom stereocenters. The summed E-state index contributed by atoms with van der Waals surface area (Å²) >= 11 is 0. The molecule has 2 rings (SSSR count). The molecule has 0 aliphatic rings. The predicted octanol–water partition coefficient (Wildman–Crippen LogP) is 3.18. The molecule has 0 spiro atoms. The van der Waals surface area contributed by atoms with Crippen LogP contribution in [0.3, 0.4) is 0 Å². The molecule has 28 heavy (non-hydrogen) atoms. The molecule has 7 nitrogen and oxygen atoms in total. The lowest BCUT2D eigenvalue weighted by Crippen LogP contribution is -2.42. The number of halogens is 1. The Morgan fingerprint density at radius 2 is 1.54 bits per heavy atom. The molecule has 0 heterocycles. The molecule has 0 aromatic heterocycles. The van der Waals surface area contributed by atoms with Gasteiger partial charge in [0.25, 0.3) is 5.91 Å². The van der Waals surface area contributed by atoms with E-state index in [1.807, 2.05) is 0 Å². The maximum atomic E-state index is 12.8. The molecule has 0 saturated carbocycles. The van der Waals surface area contributed by atoms with Gasteiger partial charge in [0.1, 0.15) is 11.4 Å². The maximum Gasteiger partial charge on any atom is 0.412 e. The molecule has 0 aliphatic carbocycles. The minimum atomic E-state index is -0.615. The van der Waals surface area contributed by atoms with Gasteiger partial charge in [-0.1, -0.05) is 12.1 Å². The van der Waals surface area contributed by atoms with Gasteiger partial charge in [0.05, 0.1) is 6.42 Å². The van der Waals surface area contributed by atoms with Crippen molar-refractivity contribution in [2.45, 2.75) is 32.8 Å². The van der Waals surface area contributed by atoms with Gasteiger partial charge in [-0.15, -0.1) is 0 Å². The summed E-state index contributed by atoms with van der Waals surface area (Å²) in [6, 6.07) is 11.6. The SMILES string of the molecule is CC(C)(C)OC(=O)Nc1ccc(C(=O)NNC(=O)Cc2ccc(F)cc2)cc1. The van der Waals surface area contributed by atoms with Crippen LogP contribution in [0, 0.1) is 5.82 Å². The Labute approximate surface area is 162 Å². The molecule has 2 aromatic carbocycles. The van der Waals surface area contributed by atoms with Gasteiger partial charge < -0.3 is 4.74 Å². The van der Waals surface area contributed by atoms with Crippen molar-refractivity contribution < 1.29 is 23.5 Å². The molecular formula is C20H22FN3O4. The standard InChI is InChI=1S/C20H22FN3O4/c1-20(2,3)28-19(27)22-16-10-6-14(7-11-16)18(26)24-23-17(25)12-13-4-8-15(21)9-5-13/h4-11H,12H2,1-3H3,(H,22,27)(H,23,25)(H,24,26). The second-order valence-corrected chi connectivity index (χ2v) is 7.01. The lowest BCUT2D eigenvalue weighted by atomic mass is 10.1. The van der Waals surface area contributed by atoms with Gasteiger partial charge in [-0.2, -0.15) is 0 Å². The van der Waals surface area contributed by atoms with Crippen LogP contribution in [0.1, 0.15) is 36.7 Å². The molecule has 2 aromatic rings. The number of anilines is 1. The molecule has 0 radical (unpaired) electrons. The van der Waals surface area contributed by atoms with Crippen molar-refractivity contribution >= 4 is 23.6 Å². The number of rotatable bonds is 4. The van der Waals surface area contributed by atoms with Gasteiger partial charge in [-0.05, 0) is 62.7 Å². The predicted molar refractivity (Wildman–Crippen MR) is 102 cm³/mol. The van der Waals surface area contributed by atoms with E-state index in [-0.39, 0.29) is 17.8 Å². The zero-order valence-corrected chi connectivity index (χ0v) is 15.8. The highest BCUT2D eigenvalue weighted by Gasteiger charge is 2.16. The highest BCUT2D eigenvalue weighted by atomic mass is 19.1. The van der Waals surface area contributed by atoms with E-state index in [0.717, 1.165) is 0 Å². The van der Waals surface area contributed by atoms with Crippen molar-refractivity contribution in [3.8, 4) is 0 Å². The van der Waals surface area contributed by atoms with Crippen molar-refractivity contribution in [1.82, 2.24) is 10.9 Å². The second kappa shape index (κ2) is 8.98. The second-order valence-electron chi connectivity index (χ2n) is 7.01.